The molecular formula is C21H25N3O3. The number of oxime groups is 2. The van der Waals surface area contributed by atoms with Gasteiger partial charge < -0.3 is 15.0 Å². The van der Waals surface area contributed by atoms with Gasteiger partial charge in [0.1, 0.15) is 13.7 Å². The Morgan fingerprint density at radius 3 is 2.41 bits per heavy atom. The summed E-state index contributed by atoms with van der Waals surface area (Å²) in [6.45, 7) is 6.14. The second kappa shape index (κ2) is 9.52. The first-order valence-corrected chi connectivity index (χ1v) is 8.63. The number of hydrogen-bond donors (Lipinski definition) is 1. The third-order valence-electron chi connectivity index (χ3n) is 4.08. The van der Waals surface area contributed by atoms with E-state index in [9.17, 15) is 4.79 Å². The monoisotopic (exact) mass is 367 g/mol. The molecule has 0 fully saturated rings. The Bertz CT molecular complexity index is 855. The van der Waals surface area contributed by atoms with Gasteiger partial charge in [-0.2, -0.15) is 0 Å². The van der Waals surface area contributed by atoms with Gasteiger partial charge in [0.15, 0.2) is 5.71 Å². The molecule has 0 atom stereocenters. The Morgan fingerprint density at radius 2 is 1.78 bits per heavy atom. The fourth-order valence-electron chi connectivity index (χ4n) is 2.49. The second-order valence-corrected chi connectivity index (χ2v) is 6.17. The molecular weight excluding hydrogens is 342 g/mol. The van der Waals surface area contributed by atoms with Gasteiger partial charge in [0.25, 0.3) is 5.91 Å². The van der Waals surface area contributed by atoms with Crippen LogP contribution in [0.15, 0.2) is 52.8 Å². The molecule has 0 aliphatic carbocycles. The SMILES string of the molecule is CNC(=O)/C(=N/OC)c1cc(CO/N=C(\C)c2ccc(C)cc2)ccc1C. The summed E-state index contributed by atoms with van der Waals surface area (Å²) in [6, 6.07) is 13.8. The molecule has 0 aromatic heterocycles. The first-order valence-electron chi connectivity index (χ1n) is 8.63. The summed E-state index contributed by atoms with van der Waals surface area (Å²) in [4.78, 5) is 22.4. The summed E-state index contributed by atoms with van der Waals surface area (Å²) in [7, 11) is 2.96. The van der Waals surface area contributed by atoms with Crippen LogP contribution in [0.25, 0.3) is 0 Å². The van der Waals surface area contributed by atoms with Crippen LogP contribution in [-0.4, -0.2) is 31.5 Å². The van der Waals surface area contributed by atoms with Crippen LogP contribution >= 0.6 is 0 Å². The Hall–Kier alpha value is -3.15. The van der Waals surface area contributed by atoms with E-state index in [1.165, 1.54) is 12.7 Å². The lowest BCUT2D eigenvalue weighted by molar-refractivity contribution is -0.114. The van der Waals surface area contributed by atoms with E-state index < -0.39 is 0 Å². The maximum Gasteiger partial charge on any atom is 0.273 e. The van der Waals surface area contributed by atoms with Gasteiger partial charge in [-0.15, -0.1) is 0 Å². The van der Waals surface area contributed by atoms with Gasteiger partial charge in [-0.3, -0.25) is 4.79 Å². The van der Waals surface area contributed by atoms with Crippen LogP contribution in [0, 0.1) is 13.8 Å². The maximum absolute atomic E-state index is 12.1. The Kier molecular flexibility index (Phi) is 7.11. The molecule has 0 radical (unpaired) electrons. The number of carbonyl (C=O) groups is 1. The molecule has 142 valence electrons. The molecule has 0 unspecified atom stereocenters. The van der Waals surface area contributed by atoms with E-state index in [1.807, 2.05) is 63.2 Å². The van der Waals surface area contributed by atoms with Gasteiger partial charge in [-0.25, -0.2) is 0 Å². The predicted molar refractivity (Wildman–Crippen MR) is 107 cm³/mol. The smallest absolute Gasteiger partial charge is 0.273 e. The van der Waals surface area contributed by atoms with Crippen LogP contribution in [0.2, 0.25) is 0 Å². The van der Waals surface area contributed by atoms with Crippen molar-refractivity contribution in [3.05, 3.63) is 70.3 Å². The van der Waals surface area contributed by atoms with Crippen molar-refractivity contribution in [3.63, 3.8) is 0 Å². The molecule has 0 aliphatic rings. The van der Waals surface area contributed by atoms with Crippen molar-refractivity contribution in [2.45, 2.75) is 27.4 Å². The van der Waals surface area contributed by atoms with Crippen LogP contribution in [-0.2, 0) is 21.1 Å². The second-order valence-electron chi connectivity index (χ2n) is 6.17. The fourth-order valence-corrected chi connectivity index (χ4v) is 2.49. The lowest BCUT2D eigenvalue weighted by Crippen LogP contribution is -2.29. The van der Waals surface area contributed by atoms with Crippen molar-refractivity contribution in [1.29, 1.82) is 0 Å². The standard InChI is InChI=1S/C21H25N3O3/c1-14-6-10-18(11-7-14)16(3)23-27-13-17-9-8-15(2)19(12-17)20(24-26-5)21(25)22-4/h6-12H,13H2,1-5H3,(H,22,25)/b23-16+,24-20+. The van der Waals surface area contributed by atoms with Gasteiger partial charge in [0.2, 0.25) is 0 Å². The van der Waals surface area contributed by atoms with E-state index in [-0.39, 0.29) is 18.2 Å². The van der Waals surface area contributed by atoms with Crippen molar-refractivity contribution in [3.8, 4) is 0 Å². The fraction of sp³-hybridized carbons (Fsp3) is 0.286. The number of aryl methyl sites for hydroxylation is 2. The van der Waals surface area contributed by atoms with Gasteiger partial charge in [0.05, 0.1) is 5.71 Å². The quantitative estimate of drug-likeness (QED) is 0.603. The summed E-state index contributed by atoms with van der Waals surface area (Å²) >= 11 is 0. The van der Waals surface area contributed by atoms with Gasteiger partial charge in [-0.1, -0.05) is 52.3 Å². The third kappa shape index (κ3) is 5.41. The minimum absolute atomic E-state index is 0.221. The number of hydrogen-bond acceptors (Lipinski definition) is 5. The molecule has 0 aliphatic heterocycles. The minimum atomic E-state index is -0.314. The van der Waals surface area contributed by atoms with E-state index in [4.69, 9.17) is 9.68 Å². The first-order chi connectivity index (χ1) is 13.0. The van der Waals surface area contributed by atoms with Crippen LogP contribution in [0.1, 0.15) is 34.7 Å². The molecule has 1 amide bonds. The molecule has 2 aromatic carbocycles. The lowest BCUT2D eigenvalue weighted by Gasteiger charge is -2.10. The normalized spacial score (nSPS) is 11.9. The van der Waals surface area contributed by atoms with Crippen LogP contribution in [0.5, 0.6) is 0 Å². The van der Waals surface area contributed by atoms with Crippen LogP contribution in [0.4, 0.5) is 0 Å². The zero-order valence-corrected chi connectivity index (χ0v) is 16.4. The third-order valence-corrected chi connectivity index (χ3v) is 4.08. The number of benzene rings is 2. The molecule has 0 spiro atoms. The molecule has 0 saturated heterocycles. The Balaban J connectivity index is 2.16. The number of carbonyl (C=O) groups excluding carboxylic acids is 1. The summed E-state index contributed by atoms with van der Waals surface area (Å²) in [5, 5.41) is 10.6. The number of nitrogens with zero attached hydrogens (tertiary/aromatic N) is 2. The minimum Gasteiger partial charge on any atom is -0.398 e. The zero-order valence-electron chi connectivity index (χ0n) is 16.4. The van der Waals surface area contributed by atoms with Gasteiger partial charge in [-0.05, 0) is 43.5 Å². The van der Waals surface area contributed by atoms with Crippen molar-refractivity contribution in [1.82, 2.24) is 5.32 Å². The van der Waals surface area contributed by atoms with Crippen molar-refractivity contribution in [2.75, 3.05) is 14.2 Å². The maximum atomic E-state index is 12.1. The highest BCUT2D eigenvalue weighted by atomic mass is 16.6. The Morgan fingerprint density at radius 1 is 1.07 bits per heavy atom. The molecule has 0 heterocycles. The van der Waals surface area contributed by atoms with Gasteiger partial charge in [0, 0.05) is 12.6 Å². The number of rotatable bonds is 7. The highest BCUT2D eigenvalue weighted by molar-refractivity contribution is 6.45. The van der Waals surface area contributed by atoms with Crippen molar-refractivity contribution < 1.29 is 14.5 Å². The highest BCUT2D eigenvalue weighted by Gasteiger charge is 2.16. The number of likely N-dealkylation sites (N-methyl/N-ethyl adjacent to an activating group) is 1. The van der Waals surface area contributed by atoms with E-state index in [1.54, 1.807) is 7.05 Å². The molecule has 2 rings (SSSR count). The van der Waals surface area contributed by atoms with E-state index in [0.717, 1.165) is 22.4 Å². The highest BCUT2D eigenvalue weighted by Crippen LogP contribution is 2.15. The number of nitrogens with one attached hydrogen (secondary N) is 1. The van der Waals surface area contributed by atoms with E-state index in [0.29, 0.717) is 5.56 Å². The van der Waals surface area contributed by atoms with Crippen molar-refractivity contribution >= 4 is 17.3 Å². The molecule has 6 nitrogen and oxygen atoms in total. The van der Waals surface area contributed by atoms with E-state index in [2.05, 4.69) is 15.6 Å². The summed E-state index contributed by atoms with van der Waals surface area (Å²) < 4.78 is 0. The van der Waals surface area contributed by atoms with Crippen LogP contribution < -0.4 is 5.32 Å². The summed E-state index contributed by atoms with van der Waals surface area (Å²) in [5.41, 5.74) is 5.72. The summed E-state index contributed by atoms with van der Waals surface area (Å²) in [6.07, 6.45) is 0. The van der Waals surface area contributed by atoms with E-state index >= 15 is 0 Å². The predicted octanol–water partition coefficient (Wildman–Crippen LogP) is 3.34. The largest absolute Gasteiger partial charge is 0.398 e. The molecule has 2 aromatic rings. The molecule has 0 bridgehead atoms. The topological polar surface area (TPSA) is 72.3 Å². The number of amides is 1. The molecule has 27 heavy (non-hydrogen) atoms. The zero-order chi connectivity index (χ0) is 19.8. The average molecular weight is 367 g/mol. The van der Waals surface area contributed by atoms with Crippen molar-refractivity contribution in [2.24, 2.45) is 10.3 Å². The van der Waals surface area contributed by atoms with Gasteiger partial charge >= 0.3 is 0 Å². The molecule has 0 saturated carbocycles. The van der Waals surface area contributed by atoms with Crippen LogP contribution in [0.3, 0.4) is 0 Å². The molecule has 6 heteroatoms. The summed E-state index contributed by atoms with van der Waals surface area (Å²) in [5.74, 6) is -0.314. The first kappa shape index (κ1) is 20.2. The average Bonchev–Trinajstić information content (AvgIpc) is 2.67. The Labute approximate surface area is 159 Å². The molecule has 1 N–H and O–H groups in total. The lowest BCUT2D eigenvalue weighted by atomic mass is 10.0.